The number of amides is 2. The van der Waals surface area contributed by atoms with Crippen LogP contribution in [0.25, 0.3) is 11.1 Å². The number of nitrogens with two attached hydrogens (primary N) is 1. The van der Waals surface area contributed by atoms with Crippen LogP contribution in [-0.2, 0) is 16.1 Å². The van der Waals surface area contributed by atoms with E-state index in [2.05, 4.69) is 45.2 Å². The van der Waals surface area contributed by atoms with Crippen LogP contribution in [0.3, 0.4) is 0 Å². The van der Waals surface area contributed by atoms with Gasteiger partial charge in [-0.3, -0.25) is 20.0 Å². The fourth-order valence-electron chi connectivity index (χ4n) is 4.43. The van der Waals surface area contributed by atoms with Crippen LogP contribution in [0.1, 0.15) is 42.4 Å². The van der Waals surface area contributed by atoms with Gasteiger partial charge in [0.15, 0.2) is 0 Å². The number of nitrogens with one attached hydrogen (secondary N) is 4. The summed E-state index contributed by atoms with van der Waals surface area (Å²) in [5.41, 5.74) is 10.4. The van der Waals surface area contributed by atoms with Gasteiger partial charge in [-0.2, -0.15) is 0 Å². The molecule has 0 bridgehead atoms. The monoisotopic (exact) mass is 484 g/mol. The van der Waals surface area contributed by atoms with Gasteiger partial charge < -0.3 is 21.7 Å². The van der Waals surface area contributed by atoms with E-state index in [1.807, 2.05) is 30.5 Å². The van der Waals surface area contributed by atoms with E-state index >= 15 is 0 Å². The Kier molecular flexibility index (Phi) is 8.07. The Morgan fingerprint density at radius 1 is 1.11 bits per heavy atom. The van der Waals surface area contributed by atoms with Crippen molar-refractivity contribution in [2.24, 2.45) is 5.73 Å². The standard InChI is InChI=1S/C28H32N6O2/c1-18(27(35)33-16-19-4-6-22(7-5-19)26(29)30)34-28(36)25-15-23(12-14-32-25)20-8-10-21(11-9-20)24-3-2-13-31-17-24/h2-11,13,17-18,23,25,32H,12,14-16H2,1H3,(H3,29,30)(H,33,35)(H,34,36)/t18?,23-,25+/m0/s1. The molecule has 1 fully saturated rings. The zero-order valence-electron chi connectivity index (χ0n) is 20.3. The number of benzene rings is 2. The fourth-order valence-corrected chi connectivity index (χ4v) is 4.43. The van der Waals surface area contributed by atoms with E-state index in [1.54, 1.807) is 25.3 Å². The molecule has 8 nitrogen and oxygen atoms in total. The molecule has 0 aliphatic carbocycles. The summed E-state index contributed by atoms with van der Waals surface area (Å²) in [4.78, 5) is 29.6. The molecule has 0 radical (unpaired) electrons. The Labute approximate surface area is 211 Å². The molecule has 186 valence electrons. The molecule has 3 atom stereocenters. The first-order valence-corrected chi connectivity index (χ1v) is 12.2. The number of nitrogen functional groups attached to an aromatic ring is 1. The zero-order valence-corrected chi connectivity index (χ0v) is 20.3. The predicted octanol–water partition coefficient (Wildman–Crippen LogP) is 2.69. The SMILES string of the molecule is CC(NC(=O)[C@H]1C[C@@H](c2ccc(-c3cccnc3)cc2)CCN1)C(=O)NCc1ccc(C(=N)N)cc1. The Hall–Kier alpha value is -4.04. The van der Waals surface area contributed by atoms with Crippen molar-refractivity contribution >= 4 is 17.6 Å². The summed E-state index contributed by atoms with van der Waals surface area (Å²) in [7, 11) is 0. The van der Waals surface area contributed by atoms with Crippen molar-refractivity contribution in [3.63, 3.8) is 0 Å². The van der Waals surface area contributed by atoms with Gasteiger partial charge in [0.2, 0.25) is 11.8 Å². The van der Waals surface area contributed by atoms with Crippen LogP contribution in [-0.4, -0.2) is 41.3 Å². The second kappa shape index (κ2) is 11.6. The first-order chi connectivity index (χ1) is 17.4. The molecule has 1 saturated heterocycles. The van der Waals surface area contributed by atoms with E-state index in [0.717, 1.165) is 29.7 Å². The number of hydrogen-bond donors (Lipinski definition) is 5. The number of carbonyl (C=O) groups excluding carboxylic acids is 2. The van der Waals surface area contributed by atoms with Crippen LogP contribution in [0.15, 0.2) is 73.1 Å². The smallest absolute Gasteiger partial charge is 0.242 e. The van der Waals surface area contributed by atoms with Crippen LogP contribution in [0, 0.1) is 5.41 Å². The van der Waals surface area contributed by atoms with Crippen molar-refractivity contribution in [1.29, 1.82) is 5.41 Å². The number of pyridine rings is 1. The number of rotatable bonds is 8. The molecular formula is C28H32N6O2. The molecular weight excluding hydrogens is 452 g/mol. The minimum Gasteiger partial charge on any atom is -0.384 e. The molecule has 1 aliphatic heterocycles. The lowest BCUT2D eigenvalue weighted by Gasteiger charge is -2.30. The molecule has 6 N–H and O–H groups in total. The van der Waals surface area contributed by atoms with Crippen LogP contribution < -0.4 is 21.7 Å². The maximum absolute atomic E-state index is 12.9. The molecule has 8 heteroatoms. The summed E-state index contributed by atoms with van der Waals surface area (Å²) in [5.74, 6) is -0.147. The van der Waals surface area contributed by atoms with Gasteiger partial charge in [-0.15, -0.1) is 0 Å². The Morgan fingerprint density at radius 3 is 2.53 bits per heavy atom. The fraction of sp³-hybridized carbons (Fsp3) is 0.286. The van der Waals surface area contributed by atoms with E-state index in [9.17, 15) is 9.59 Å². The van der Waals surface area contributed by atoms with Gasteiger partial charge in [0.25, 0.3) is 0 Å². The van der Waals surface area contributed by atoms with E-state index in [4.69, 9.17) is 11.1 Å². The average molecular weight is 485 g/mol. The number of amidine groups is 1. The second-order valence-electron chi connectivity index (χ2n) is 9.15. The van der Waals surface area contributed by atoms with Gasteiger partial charge in [0, 0.05) is 24.5 Å². The topological polar surface area (TPSA) is 133 Å². The number of nitrogens with zero attached hydrogens (tertiary/aromatic N) is 1. The molecule has 4 rings (SSSR count). The van der Waals surface area contributed by atoms with Crippen molar-refractivity contribution in [1.82, 2.24) is 20.9 Å². The van der Waals surface area contributed by atoms with Crippen molar-refractivity contribution in [2.75, 3.05) is 6.54 Å². The number of hydrogen-bond acceptors (Lipinski definition) is 5. The Morgan fingerprint density at radius 2 is 1.86 bits per heavy atom. The molecule has 1 aliphatic rings. The molecule has 2 heterocycles. The summed E-state index contributed by atoms with van der Waals surface area (Å²) in [5, 5.41) is 16.4. The third-order valence-electron chi connectivity index (χ3n) is 6.58. The van der Waals surface area contributed by atoms with Gasteiger partial charge in [0.1, 0.15) is 11.9 Å². The summed E-state index contributed by atoms with van der Waals surface area (Å²) in [6.45, 7) is 2.75. The number of aromatic nitrogens is 1. The summed E-state index contributed by atoms with van der Waals surface area (Å²) >= 11 is 0. The van der Waals surface area contributed by atoms with E-state index in [-0.39, 0.29) is 29.6 Å². The van der Waals surface area contributed by atoms with Gasteiger partial charge in [-0.1, -0.05) is 54.6 Å². The van der Waals surface area contributed by atoms with E-state index in [0.29, 0.717) is 18.5 Å². The molecule has 3 aromatic rings. The van der Waals surface area contributed by atoms with Crippen LogP contribution in [0.4, 0.5) is 0 Å². The largest absolute Gasteiger partial charge is 0.384 e. The van der Waals surface area contributed by atoms with Crippen molar-refractivity contribution < 1.29 is 9.59 Å². The van der Waals surface area contributed by atoms with E-state index in [1.165, 1.54) is 5.56 Å². The van der Waals surface area contributed by atoms with Gasteiger partial charge in [-0.25, -0.2) is 0 Å². The van der Waals surface area contributed by atoms with Gasteiger partial charge >= 0.3 is 0 Å². The van der Waals surface area contributed by atoms with Gasteiger partial charge in [0.05, 0.1) is 6.04 Å². The van der Waals surface area contributed by atoms with Crippen LogP contribution >= 0.6 is 0 Å². The predicted molar refractivity (Wildman–Crippen MR) is 140 cm³/mol. The minimum absolute atomic E-state index is 0.00207. The first kappa shape index (κ1) is 25.1. The van der Waals surface area contributed by atoms with Crippen LogP contribution in [0.2, 0.25) is 0 Å². The van der Waals surface area contributed by atoms with Crippen molar-refractivity contribution in [3.05, 3.63) is 89.7 Å². The summed E-state index contributed by atoms with van der Waals surface area (Å²) in [6, 6.07) is 18.5. The molecule has 0 saturated carbocycles. The minimum atomic E-state index is -0.657. The average Bonchev–Trinajstić information content (AvgIpc) is 2.92. The highest BCUT2D eigenvalue weighted by molar-refractivity contribution is 5.95. The van der Waals surface area contributed by atoms with Crippen molar-refractivity contribution in [2.45, 2.75) is 44.3 Å². The summed E-state index contributed by atoms with van der Waals surface area (Å²) in [6.07, 6.45) is 5.24. The van der Waals surface area contributed by atoms with Crippen LogP contribution in [0.5, 0.6) is 0 Å². The lowest BCUT2D eigenvalue weighted by Crippen LogP contribution is -2.53. The molecule has 2 amide bonds. The molecule has 2 aromatic carbocycles. The normalized spacial score (nSPS) is 18.1. The number of piperidine rings is 1. The maximum Gasteiger partial charge on any atom is 0.242 e. The third-order valence-corrected chi connectivity index (χ3v) is 6.58. The van der Waals surface area contributed by atoms with Crippen molar-refractivity contribution in [3.8, 4) is 11.1 Å². The highest BCUT2D eigenvalue weighted by atomic mass is 16.2. The molecule has 1 aromatic heterocycles. The lowest BCUT2D eigenvalue weighted by atomic mass is 9.85. The van der Waals surface area contributed by atoms with E-state index < -0.39 is 6.04 Å². The zero-order chi connectivity index (χ0) is 25.5. The Balaban J connectivity index is 1.28. The second-order valence-corrected chi connectivity index (χ2v) is 9.15. The quantitative estimate of drug-likeness (QED) is 0.248. The highest BCUT2D eigenvalue weighted by Crippen LogP contribution is 2.29. The van der Waals surface area contributed by atoms with Gasteiger partial charge in [-0.05, 0) is 60.5 Å². The lowest BCUT2D eigenvalue weighted by molar-refractivity contribution is -0.130. The third kappa shape index (κ3) is 6.34. The molecule has 36 heavy (non-hydrogen) atoms. The molecule has 0 spiro atoms. The summed E-state index contributed by atoms with van der Waals surface area (Å²) < 4.78 is 0. The maximum atomic E-state index is 12.9. The molecule has 1 unspecified atom stereocenters. The Bertz CT molecular complexity index is 1190. The highest BCUT2D eigenvalue weighted by Gasteiger charge is 2.29. The first-order valence-electron chi connectivity index (χ1n) is 12.2. The number of carbonyl (C=O) groups is 2.